The van der Waals surface area contributed by atoms with Gasteiger partial charge in [-0.05, 0) is 24.3 Å². The monoisotopic (exact) mass is 291 g/mol. The number of ether oxygens (including phenoxy) is 1. The van der Waals surface area contributed by atoms with Crippen LogP contribution in [0.4, 0.5) is 5.69 Å². The third-order valence-electron chi connectivity index (χ3n) is 3.53. The van der Waals surface area contributed by atoms with Gasteiger partial charge >= 0.3 is 5.97 Å². The average molecular weight is 291 g/mol. The predicted octanol–water partition coefficient (Wildman–Crippen LogP) is 0.590. The number of anilines is 1. The SMILES string of the molecule is CC(=O)OCCN1CCN(C(=O)c2ccc(N)cc2)CC1. The Morgan fingerprint density at radius 1 is 1.14 bits per heavy atom. The Labute approximate surface area is 124 Å². The Balaban J connectivity index is 1.79. The molecule has 1 heterocycles. The molecule has 21 heavy (non-hydrogen) atoms. The van der Waals surface area contributed by atoms with Gasteiger partial charge in [-0.3, -0.25) is 14.5 Å². The van der Waals surface area contributed by atoms with E-state index in [4.69, 9.17) is 10.5 Å². The molecule has 1 aromatic carbocycles. The second-order valence-corrected chi connectivity index (χ2v) is 5.10. The zero-order chi connectivity index (χ0) is 15.2. The van der Waals surface area contributed by atoms with Crippen molar-refractivity contribution in [3.05, 3.63) is 29.8 Å². The van der Waals surface area contributed by atoms with E-state index in [-0.39, 0.29) is 11.9 Å². The quantitative estimate of drug-likeness (QED) is 0.649. The predicted molar refractivity (Wildman–Crippen MR) is 79.8 cm³/mol. The van der Waals surface area contributed by atoms with Crippen molar-refractivity contribution >= 4 is 17.6 Å². The first kappa shape index (κ1) is 15.3. The Hall–Kier alpha value is -2.08. The van der Waals surface area contributed by atoms with Gasteiger partial charge in [-0.25, -0.2) is 0 Å². The molecule has 0 spiro atoms. The molecule has 114 valence electrons. The van der Waals surface area contributed by atoms with Crippen LogP contribution in [-0.4, -0.2) is 61.0 Å². The summed E-state index contributed by atoms with van der Waals surface area (Å²) in [6.07, 6.45) is 0. The normalized spacial score (nSPS) is 15.8. The van der Waals surface area contributed by atoms with Crippen molar-refractivity contribution in [1.82, 2.24) is 9.80 Å². The van der Waals surface area contributed by atoms with Crippen molar-refractivity contribution < 1.29 is 14.3 Å². The van der Waals surface area contributed by atoms with E-state index >= 15 is 0 Å². The van der Waals surface area contributed by atoms with Crippen LogP contribution in [0.3, 0.4) is 0 Å². The number of carbonyl (C=O) groups is 2. The van der Waals surface area contributed by atoms with E-state index < -0.39 is 0 Å². The molecule has 6 heteroatoms. The highest BCUT2D eigenvalue weighted by Gasteiger charge is 2.21. The molecule has 2 N–H and O–H groups in total. The van der Waals surface area contributed by atoms with Gasteiger partial charge in [0.2, 0.25) is 0 Å². The molecule has 0 aliphatic carbocycles. The lowest BCUT2D eigenvalue weighted by atomic mass is 10.1. The first-order chi connectivity index (χ1) is 10.1. The summed E-state index contributed by atoms with van der Waals surface area (Å²) in [5.41, 5.74) is 6.94. The summed E-state index contributed by atoms with van der Waals surface area (Å²) in [6.45, 7) is 5.48. The highest BCUT2D eigenvalue weighted by Crippen LogP contribution is 2.11. The Morgan fingerprint density at radius 3 is 2.33 bits per heavy atom. The summed E-state index contributed by atoms with van der Waals surface area (Å²) in [6, 6.07) is 6.99. The van der Waals surface area contributed by atoms with Crippen LogP contribution < -0.4 is 5.73 Å². The summed E-state index contributed by atoms with van der Waals surface area (Å²) in [5, 5.41) is 0. The Kier molecular flexibility index (Phi) is 5.16. The van der Waals surface area contributed by atoms with Crippen LogP contribution in [0.25, 0.3) is 0 Å². The molecule has 1 amide bonds. The fourth-order valence-electron chi connectivity index (χ4n) is 2.30. The van der Waals surface area contributed by atoms with E-state index in [0.29, 0.717) is 37.5 Å². The summed E-state index contributed by atoms with van der Waals surface area (Å²) in [7, 11) is 0. The molecule has 0 atom stereocenters. The summed E-state index contributed by atoms with van der Waals surface area (Å²) in [5.74, 6) is -0.221. The van der Waals surface area contributed by atoms with Crippen molar-refractivity contribution in [2.75, 3.05) is 45.1 Å². The van der Waals surface area contributed by atoms with Crippen molar-refractivity contribution in [2.24, 2.45) is 0 Å². The topological polar surface area (TPSA) is 75.9 Å². The Bertz CT molecular complexity index is 493. The maximum atomic E-state index is 12.3. The van der Waals surface area contributed by atoms with Crippen molar-refractivity contribution in [2.45, 2.75) is 6.92 Å². The minimum Gasteiger partial charge on any atom is -0.465 e. The molecule has 2 rings (SSSR count). The highest BCUT2D eigenvalue weighted by molar-refractivity contribution is 5.94. The number of benzene rings is 1. The summed E-state index contributed by atoms with van der Waals surface area (Å²) >= 11 is 0. The second-order valence-electron chi connectivity index (χ2n) is 5.10. The van der Waals surface area contributed by atoms with E-state index in [1.807, 2.05) is 4.90 Å². The lowest BCUT2D eigenvalue weighted by Gasteiger charge is -2.34. The molecule has 0 bridgehead atoms. The van der Waals surface area contributed by atoms with Crippen molar-refractivity contribution in [3.8, 4) is 0 Å². The van der Waals surface area contributed by atoms with Crippen LogP contribution in [0.15, 0.2) is 24.3 Å². The minimum absolute atomic E-state index is 0.0367. The first-order valence-corrected chi connectivity index (χ1v) is 7.07. The zero-order valence-electron chi connectivity index (χ0n) is 12.2. The first-order valence-electron chi connectivity index (χ1n) is 7.07. The summed E-state index contributed by atoms with van der Waals surface area (Å²) in [4.78, 5) is 27.1. The van der Waals surface area contributed by atoms with Gasteiger partial charge in [0.25, 0.3) is 5.91 Å². The fraction of sp³-hybridized carbons (Fsp3) is 0.467. The van der Waals surface area contributed by atoms with E-state index in [9.17, 15) is 9.59 Å². The molecule has 1 fully saturated rings. The third kappa shape index (κ3) is 4.46. The van der Waals surface area contributed by atoms with Crippen molar-refractivity contribution in [1.29, 1.82) is 0 Å². The van der Waals surface area contributed by atoms with Gasteiger partial charge in [-0.15, -0.1) is 0 Å². The van der Waals surface area contributed by atoms with Crippen LogP contribution in [0, 0.1) is 0 Å². The smallest absolute Gasteiger partial charge is 0.302 e. The van der Waals surface area contributed by atoms with Crippen LogP contribution in [-0.2, 0) is 9.53 Å². The van der Waals surface area contributed by atoms with E-state index in [2.05, 4.69) is 4.90 Å². The highest BCUT2D eigenvalue weighted by atomic mass is 16.5. The molecule has 1 aromatic rings. The molecule has 0 radical (unpaired) electrons. The second kappa shape index (κ2) is 7.08. The number of esters is 1. The largest absolute Gasteiger partial charge is 0.465 e. The lowest BCUT2D eigenvalue weighted by Crippen LogP contribution is -2.49. The number of nitrogens with zero attached hydrogens (tertiary/aromatic N) is 2. The van der Waals surface area contributed by atoms with Gasteiger partial charge in [0.05, 0.1) is 0 Å². The fourth-order valence-corrected chi connectivity index (χ4v) is 2.30. The van der Waals surface area contributed by atoms with Crippen molar-refractivity contribution in [3.63, 3.8) is 0 Å². The maximum absolute atomic E-state index is 12.3. The van der Waals surface area contributed by atoms with Gasteiger partial charge in [0.1, 0.15) is 6.61 Å². The number of hydrogen-bond acceptors (Lipinski definition) is 5. The van der Waals surface area contributed by atoms with Gasteiger partial charge in [0.15, 0.2) is 0 Å². The van der Waals surface area contributed by atoms with Gasteiger partial charge in [-0.2, -0.15) is 0 Å². The summed E-state index contributed by atoms with van der Waals surface area (Å²) < 4.78 is 4.93. The Morgan fingerprint density at radius 2 is 1.76 bits per heavy atom. The number of nitrogens with two attached hydrogens (primary N) is 1. The molecule has 1 aliphatic rings. The molecule has 0 saturated carbocycles. The van der Waals surface area contributed by atoms with Crippen LogP contribution in [0.2, 0.25) is 0 Å². The van der Waals surface area contributed by atoms with E-state index in [1.54, 1.807) is 24.3 Å². The standard InChI is InChI=1S/C15H21N3O3/c1-12(19)21-11-10-17-6-8-18(9-7-17)15(20)13-2-4-14(16)5-3-13/h2-5H,6-11,16H2,1H3. The van der Waals surface area contributed by atoms with Crippen LogP contribution in [0.5, 0.6) is 0 Å². The van der Waals surface area contributed by atoms with Gasteiger partial charge < -0.3 is 15.4 Å². The van der Waals surface area contributed by atoms with Crippen LogP contribution in [0.1, 0.15) is 17.3 Å². The molecule has 6 nitrogen and oxygen atoms in total. The lowest BCUT2D eigenvalue weighted by molar-refractivity contribution is -0.141. The number of rotatable bonds is 4. The molecular formula is C15H21N3O3. The van der Waals surface area contributed by atoms with E-state index in [1.165, 1.54) is 6.92 Å². The number of nitrogen functional groups attached to an aromatic ring is 1. The maximum Gasteiger partial charge on any atom is 0.302 e. The molecule has 0 aromatic heterocycles. The number of hydrogen-bond donors (Lipinski definition) is 1. The molecule has 1 saturated heterocycles. The van der Waals surface area contributed by atoms with Gasteiger partial charge in [-0.1, -0.05) is 0 Å². The van der Waals surface area contributed by atoms with Gasteiger partial charge in [0, 0.05) is 50.9 Å². The number of amides is 1. The zero-order valence-corrected chi connectivity index (χ0v) is 12.2. The third-order valence-corrected chi connectivity index (χ3v) is 3.53. The number of carbonyl (C=O) groups excluding carboxylic acids is 2. The molecule has 1 aliphatic heterocycles. The van der Waals surface area contributed by atoms with Crippen LogP contribution >= 0.6 is 0 Å². The molecular weight excluding hydrogens is 270 g/mol. The molecule has 0 unspecified atom stereocenters. The number of piperazine rings is 1. The average Bonchev–Trinajstić information content (AvgIpc) is 2.48. The van der Waals surface area contributed by atoms with E-state index in [0.717, 1.165) is 13.1 Å². The minimum atomic E-state index is -0.257.